The van der Waals surface area contributed by atoms with Crippen LogP contribution in [0.2, 0.25) is 0 Å². The minimum absolute atomic E-state index is 0.0167. The molecule has 2 aromatic heterocycles. The lowest BCUT2D eigenvalue weighted by molar-refractivity contribution is -0.150. The number of carbonyl (C=O) groups is 2. The zero-order chi connectivity index (χ0) is 20.7. The van der Waals surface area contributed by atoms with Crippen molar-refractivity contribution in [1.82, 2.24) is 24.2 Å². The summed E-state index contributed by atoms with van der Waals surface area (Å²) in [4.78, 5) is 31.9. The van der Waals surface area contributed by atoms with E-state index in [2.05, 4.69) is 14.6 Å². The van der Waals surface area contributed by atoms with Crippen molar-refractivity contribution in [3.05, 3.63) is 48.5 Å². The first-order valence-electron chi connectivity index (χ1n) is 10.5. The number of rotatable bonds is 4. The normalized spacial score (nSPS) is 20.8. The summed E-state index contributed by atoms with van der Waals surface area (Å²) >= 11 is 0. The lowest BCUT2D eigenvalue weighted by Gasteiger charge is -2.36. The highest BCUT2D eigenvalue weighted by Crippen LogP contribution is 2.43. The fourth-order valence-corrected chi connectivity index (χ4v) is 4.79. The Bertz CT molecular complexity index is 1090. The lowest BCUT2D eigenvalue weighted by atomic mass is 9.76. The van der Waals surface area contributed by atoms with E-state index < -0.39 is 5.41 Å². The van der Waals surface area contributed by atoms with Gasteiger partial charge in [-0.15, -0.1) is 0 Å². The fourth-order valence-electron chi connectivity index (χ4n) is 4.79. The van der Waals surface area contributed by atoms with Gasteiger partial charge >= 0.3 is 5.97 Å². The Labute approximate surface area is 174 Å². The number of piperidine rings is 1. The molecule has 5 rings (SSSR count). The van der Waals surface area contributed by atoms with Crippen LogP contribution in [0.5, 0.6) is 0 Å². The van der Waals surface area contributed by atoms with Gasteiger partial charge in [0.2, 0.25) is 0 Å². The molecule has 3 aromatic rings. The molecule has 1 unspecified atom stereocenters. The Kier molecular flexibility index (Phi) is 4.56. The number of aryl methyl sites for hydroxylation is 1. The van der Waals surface area contributed by atoms with Crippen molar-refractivity contribution in [2.45, 2.75) is 45.4 Å². The van der Waals surface area contributed by atoms with E-state index in [-0.39, 0.29) is 18.0 Å². The highest BCUT2D eigenvalue weighted by molar-refractivity contribution is 5.92. The molecular weight excluding hydrogens is 382 g/mol. The Morgan fingerprint density at radius 1 is 1.23 bits per heavy atom. The standard InChI is InChI=1S/C22H25N5O3/c1-2-27-19(7-10-24-27)20(28)25-11-8-22(9-12-25)13-16(30-21(22)29)14-26-15-23-17-5-3-4-6-18(17)26/h3-7,10,15-16H,2,8-9,11-14H2,1H3. The predicted octanol–water partition coefficient (Wildman–Crippen LogP) is 2.49. The molecule has 0 saturated carbocycles. The van der Waals surface area contributed by atoms with Crippen LogP contribution in [0.4, 0.5) is 0 Å². The molecule has 2 saturated heterocycles. The molecule has 0 radical (unpaired) electrons. The van der Waals surface area contributed by atoms with E-state index >= 15 is 0 Å². The van der Waals surface area contributed by atoms with Crippen molar-refractivity contribution in [3.63, 3.8) is 0 Å². The molecule has 30 heavy (non-hydrogen) atoms. The van der Waals surface area contributed by atoms with Crippen molar-refractivity contribution in [2.75, 3.05) is 13.1 Å². The van der Waals surface area contributed by atoms with Gasteiger partial charge in [-0.2, -0.15) is 5.10 Å². The van der Waals surface area contributed by atoms with Gasteiger partial charge in [-0.25, -0.2) is 4.98 Å². The average molecular weight is 407 g/mol. The molecule has 0 bridgehead atoms. The van der Waals surface area contributed by atoms with Gasteiger partial charge in [-0.05, 0) is 38.0 Å². The zero-order valence-corrected chi connectivity index (χ0v) is 17.0. The number of imidazole rings is 1. The summed E-state index contributed by atoms with van der Waals surface area (Å²) in [5, 5.41) is 4.19. The second-order valence-corrected chi connectivity index (χ2v) is 8.22. The number of hydrogen-bond acceptors (Lipinski definition) is 5. The molecule has 2 fully saturated rings. The number of ether oxygens (including phenoxy) is 1. The van der Waals surface area contributed by atoms with Gasteiger partial charge in [0.1, 0.15) is 11.8 Å². The van der Waals surface area contributed by atoms with Crippen LogP contribution in [-0.2, 0) is 22.6 Å². The Balaban J connectivity index is 1.25. The van der Waals surface area contributed by atoms with Crippen molar-refractivity contribution >= 4 is 22.9 Å². The van der Waals surface area contributed by atoms with Gasteiger partial charge in [0.25, 0.3) is 5.91 Å². The van der Waals surface area contributed by atoms with E-state index in [1.54, 1.807) is 16.9 Å². The molecule has 1 atom stereocenters. The Morgan fingerprint density at radius 3 is 2.83 bits per heavy atom. The second-order valence-electron chi connectivity index (χ2n) is 8.22. The molecule has 1 aromatic carbocycles. The number of benzene rings is 1. The molecule has 1 amide bonds. The van der Waals surface area contributed by atoms with Crippen molar-refractivity contribution in [3.8, 4) is 0 Å². The van der Waals surface area contributed by atoms with E-state index in [0.29, 0.717) is 51.1 Å². The van der Waals surface area contributed by atoms with Gasteiger partial charge < -0.3 is 14.2 Å². The number of aromatic nitrogens is 4. The van der Waals surface area contributed by atoms with E-state index in [1.807, 2.05) is 42.4 Å². The quantitative estimate of drug-likeness (QED) is 0.621. The number of fused-ring (bicyclic) bond motifs is 1. The number of para-hydroxylation sites is 2. The number of nitrogens with zero attached hydrogens (tertiary/aromatic N) is 5. The van der Waals surface area contributed by atoms with Crippen LogP contribution >= 0.6 is 0 Å². The van der Waals surface area contributed by atoms with Crippen molar-refractivity contribution in [2.24, 2.45) is 5.41 Å². The van der Waals surface area contributed by atoms with E-state index in [4.69, 9.17) is 4.74 Å². The highest BCUT2D eigenvalue weighted by atomic mass is 16.6. The zero-order valence-electron chi connectivity index (χ0n) is 17.0. The van der Waals surface area contributed by atoms with Crippen LogP contribution < -0.4 is 0 Å². The largest absolute Gasteiger partial charge is 0.460 e. The van der Waals surface area contributed by atoms with Gasteiger partial charge in [0.15, 0.2) is 0 Å². The Morgan fingerprint density at radius 2 is 2.03 bits per heavy atom. The summed E-state index contributed by atoms with van der Waals surface area (Å²) in [7, 11) is 0. The first-order valence-corrected chi connectivity index (χ1v) is 10.5. The maximum absolute atomic E-state index is 12.9. The first-order chi connectivity index (χ1) is 14.6. The van der Waals surface area contributed by atoms with E-state index in [0.717, 1.165) is 11.0 Å². The highest BCUT2D eigenvalue weighted by Gasteiger charge is 2.51. The summed E-state index contributed by atoms with van der Waals surface area (Å²) in [5.41, 5.74) is 2.10. The molecule has 2 aliphatic heterocycles. The molecular formula is C22H25N5O3. The summed E-state index contributed by atoms with van der Waals surface area (Å²) in [5.74, 6) is -0.139. The van der Waals surface area contributed by atoms with Crippen LogP contribution in [0.25, 0.3) is 11.0 Å². The maximum atomic E-state index is 12.9. The summed E-state index contributed by atoms with van der Waals surface area (Å²) in [6, 6.07) is 9.71. The van der Waals surface area contributed by atoms with Crippen LogP contribution in [0.15, 0.2) is 42.9 Å². The third kappa shape index (κ3) is 3.07. The Hall–Kier alpha value is -3.16. The molecule has 2 aliphatic rings. The molecule has 156 valence electrons. The van der Waals surface area contributed by atoms with Crippen LogP contribution in [0.1, 0.15) is 36.7 Å². The van der Waals surface area contributed by atoms with Crippen LogP contribution in [0.3, 0.4) is 0 Å². The number of carbonyl (C=O) groups excluding carboxylic acids is 2. The summed E-state index contributed by atoms with van der Waals surface area (Å²) in [6.45, 7) is 4.34. The van der Waals surface area contributed by atoms with E-state index in [1.165, 1.54) is 0 Å². The topological polar surface area (TPSA) is 82.2 Å². The maximum Gasteiger partial charge on any atom is 0.312 e. The van der Waals surface area contributed by atoms with Gasteiger partial charge in [0, 0.05) is 32.3 Å². The average Bonchev–Trinajstić information content (AvgIpc) is 3.47. The van der Waals surface area contributed by atoms with Crippen molar-refractivity contribution < 1.29 is 14.3 Å². The summed E-state index contributed by atoms with van der Waals surface area (Å²) in [6.07, 6.45) is 5.26. The number of cyclic esters (lactones) is 1. The molecule has 4 heterocycles. The second kappa shape index (κ2) is 7.27. The fraction of sp³-hybridized carbons (Fsp3) is 0.455. The number of hydrogen-bond donors (Lipinski definition) is 0. The molecule has 8 nitrogen and oxygen atoms in total. The van der Waals surface area contributed by atoms with Crippen LogP contribution in [-0.4, -0.2) is 55.3 Å². The number of esters is 1. The minimum atomic E-state index is -0.483. The monoisotopic (exact) mass is 407 g/mol. The molecule has 8 heteroatoms. The molecule has 0 N–H and O–H groups in total. The molecule has 0 aliphatic carbocycles. The number of amides is 1. The van der Waals surface area contributed by atoms with Crippen LogP contribution in [0, 0.1) is 5.41 Å². The SMILES string of the molecule is CCn1nccc1C(=O)N1CCC2(CC1)CC(Cn1cnc3ccccc31)OC2=O. The van der Waals surface area contributed by atoms with Gasteiger partial charge in [0.05, 0.1) is 29.3 Å². The molecule has 1 spiro atoms. The minimum Gasteiger partial charge on any atom is -0.460 e. The smallest absolute Gasteiger partial charge is 0.312 e. The third-order valence-corrected chi connectivity index (χ3v) is 6.50. The number of likely N-dealkylation sites (tertiary alicyclic amines) is 1. The van der Waals surface area contributed by atoms with Gasteiger partial charge in [-0.3, -0.25) is 14.3 Å². The van der Waals surface area contributed by atoms with Crippen molar-refractivity contribution in [1.29, 1.82) is 0 Å². The summed E-state index contributed by atoms with van der Waals surface area (Å²) < 4.78 is 9.54. The predicted molar refractivity (Wildman–Crippen MR) is 110 cm³/mol. The van der Waals surface area contributed by atoms with Gasteiger partial charge in [-0.1, -0.05) is 12.1 Å². The lowest BCUT2D eigenvalue weighted by Crippen LogP contribution is -2.45. The third-order valence-electron chi connectivity index (χ3n) is 6.50. The first kappa shape index (κ1) is 18.8. The van der Waals surface area contributed by atoms with E-state index in [9.17, 15) is 9.59 Å².